The molecule has 0 aromatic heterocycles. The van der Waals surface area contributed by atoms with Crippen LogP contribution in [-0.4, -0.2) is 97.6 Å². The summed E-state index contributed by atoms with van der Waals surface area (Å²) in [6.07, 6.45) is 4.11. The summed E-state index contributed by atoms with van der Waals surface area (Å²) in [6, 6.07) is 67.6. The van der Waals surface area contributed by atoms with Crippen LogP contribution >= 0.6 is 11.8 Å². The second kappa shape index (κ2) is 50.4. The number of ether oxygens (including phenoxy) is 7. The van der Waals surface area contributed by atoms with E-state index in [2.05, 4.69) is 28.1 Å². The molecule has 0 heterocycles. The molecule has 0 fully saturated rings. The van der Waals surface area contributed by atoms with E-state index in [1.54, 1.807) is 79.7 Å². The highest BCUT2D eigenvalue weighted by atomic mass is 32.2. The zero-order valence-electron chi connectivity index (χ0n) is 57.3. The molecule has 556 valence electrons. The van der Waals surface area contributed by atoms with Gasteiger partial charge in [0.2, 0.25) is 0 Å². The van der Waals surface area contributed by atoms with Gasteiger partial charge in [-0.25, -0.2) is 25.3 Å². The molecule has 0 aliphatic heterocycles. The van der Waals surface area contributed by atoms with Crippen molar-refractivity contribution in [3.8, 4) is 23.0 Å². The van der Waals surface area contributed by atoms with Crippen molar-refractivity contribution in [3.63, 3.8) is 0 Å². The van der Waals surface area contributed by atoms with E-state index in [0.29, 0.717) is 79.0 Å². The van der Waals surface area contributed by atoms with E-state index in [0.717, 1.165) is 46.4 Å². The normalized spacial score (nSPS) is 11.1. The maximum atomic E-state index is 12.6. The number of esters is 3. The molecule has 0 saturated carbocycles. The first kappa shape index (κ1) is 91.1. The van der Waals surface area contributed by atoms with Gasteiger partial charge in [-0.15, -0.1) is 11.8 Å². The Labute approximate surface area is 611 Å². The first-order chi connectivity index (χ1) is 47.5. The third kappa shape index (κ3) is 36.6. The van der Waals surface area contributed by atoms with Gasteiger partial charge in [0.25, 0.3) is 0 Å². The van der Waals surface area contributed by atoms with E-state index >= 15 is 0 Å². The largest absolute Gasteiger partial charge is 0.489 e. The standard InChI is InChI=1S/C20H24O5S.C19H22O5S.C17H18O5S.C17H18O3S.C4H10.3CH4/c1-3-7-19(20(21)24-2)26(22,23)15-17-10-12-18(13-11-17)25-14-16-8-5-4-6-9-16;1-2-6-18(19(20)21)25(22,23)14-16-9-11-17(12-10-16)24-13-15-7-4-3-5-8-15;1-21-17(18)13-23(19,20)12-15-7-9-16(10-8-15)22-11-14-5-3-2-4-6-14;1-19-17(18)13-21-12-15-7-9-16(10-8-15)20-11-14-5-3-2-4-6-14;1-3-4-2;;;/h4-6,8-13,19H,3,7,14-15H2,1-2H3;3-5,7-12,18H,2,6,13-14H2,1H3,(H,20,21);2-10H,11-13H2,1H3;2-10H,11-13H2,1H3;3-4H2,1-2H3;3*1H4. The van der Waals surface area contributed by atoms with Crippen LogP contribution in [0.4, 0.5) is 0 Å². The summed E-state index contributed by atoms with van der Waals surface area (Å²) in [5, 5.41) is 6.67. The molecule has 8 rings (SSSR count). The molecular weight excluding hydrogens is 1380 g/mol. The molecule has 102 heavy (non-hydrogen) atoms. The molecule has 8 aromatic carbocycles. The van der Waals surface area contributed by atoms with Crippen LogP contribution in [-0.2, 0) is 112 Å². The number of thioether (sulfide) groups is 1. The van der Waals surface area contributed by atoms with Crippen molar-refractivity contribution in [2.24, 2.45) is 0 Å². The third-order valence-electron chi connectivity index (χ3n) is 14.3. The van der Waals surface area contributed by atoms with Gasteiger partial charge in [-0.3, -0.25) is 19.2 Å². The number of sulfone groups is 3. The van der Waals surface area contributed by atoms with E-state index in [-0.39, 0.29) is 58.3 Å². The van der Waals surface area contributed by atoms with Crippen LogP contribution in [0.3, 0.4) is 0 Å². The Hall–Kier alpha value is -8.96. The Morgan fingerprint density at radius 1 is 0.363 bits per heavy atom. The summed E-state index contributed by atoms with van der Waals surface area (Å²) >= 11 is 1.54. The summed E-state index contributed by atoms with van der Waals surface area (Å²) in [4.78, 5) is 45.1. The van der Waals surface area contributed by atoms with Gasteiger partial charge in [0.05, 0.1) is 44.3 Å². The Kier molecular flexibility index (Phi) is 45.0. The Morgan fingerprint density at radius 2 is 0.657 bits per heavy atom. The lowest BCUT2D eigenvalue weighted by atomic mass is 10.2. The van der Waals surface area contributed by atoms with Gasteiger partial charge in [0, 0.05) is 5.75 Å². The highest BCUT2D eigenvalue weighted by Crippen LogP contribution is 2.24. The van der Waals surface area contributed by atoms with Crippen molar-refractivity contribution < 1.29 is 82.7 Å². The van der Waals surface area contributed by atoms with Crippen LogP contribution < -0.4 is 18.9 Å². The second-order valence-electron chi connectivity index (χ2n) is 22.4. The van der Waals surface area contributed by atoms with Crippen molar-refractivity contribution in [2.75, 3.05) is 32.8 Å². The van der Waals surface area contributed by atoms with Crippen LogP contribution in [0.1, 0.15) is 133 Å². The number of benzene rings is 8. The molecule has 0 saturated heterocycles. The fraction of sp³-hybridized carbons (Fsp3) is 0.350. The highest BCUT2D eigenvalue weighted by Gasteiger charge is 2.33. The number of unbranched alkanes of at least 4 members (excludes halogenated alkanes) is 1. The molecule has 2 unspecified atom stereocenters. The smallest absolute Gasteiger partial charge is 0.324 e. The molecule has 0 bridgehead atoms. The number of carbonyl (C=O) groups excluding carboxylic acids is 3. The van der Waals surface area contributed by atoms with E-state index in [9.17, 15) is 44.4 Å². The number of rotatable bonds is 33. The highest BCUT2D eigenvalue weighted by molar-refractivity contribution is 7.99. The molecule has 0 aliphatic rings. The monoisotopic (exact) mass is 1480 g/mol. The average molecular weight is 1480 g/mol. The fourth-order valence-electron chi connectivity index (χ4n) is 8.77. The summed E-state index contributed by atoms with van der Waals surface area (Å²) in [6.45, 7) is 9.85. The minimum atomic E-state index is -3.75. The van der Waals surface area contributed by atoms with Crippen molar-refractivity contribution >= 4 is 65.2 Å². The summed E-state index contributed by atoms with van der Waals surface area (Å²) < 4.78 is 110. The van der Waals surface area contributed by atoms with Crippen LogP contribution in [0.25, 0.3) is 0 Å². The van der Waals surface area contributed by atoms with Crippen LogP contribution in [0.5, 0.6) is 23.0 Å². The lowest BCUT2D eigenvalue weighted by molar-refractivity contribution is -0.140. The maximum Gasteiger partial charge on any atom is 0.324 e. The van der Waals surface area contributed by atoms with E-state index in [1.165, 1.54) is 38.8 Å². The summed E-state index contributed by atoms with van der Waals surface area (Å²) in [7, 11) is -7.13. The minimum absolute atomic E-state index is 0. The molecule has 22 heteroatoms. The fourth-order valence-corrected chi connectivity index (χ4v) is 14.5. The second-order valence-corrected chi connectivity index (χ2v) is 29.8. The topological polar surface area (TPSA) is 256 Å². The van der Waals surface area contributed by atoms with Crippen molar-refractivity contribution in [1.29, 1.82) is 0 Å². The number of hydrogen-bond acceptors (Lipinski definition) is 18. The first-order valence-electron chi connectivity index (χ1n) is 32.2. The molecule has 0 radical (unpaired) electrons. The zero-order valence-corrected chi connectivity index (χ0v) is 60.5. The lowest BCUT2D eigenvalue weighted by Gasteiger charge is -2.15. The Morgan fingerprint density at radius 3 is 0.941 bits per heavy atom. The van der Waals surface area contributed by atoms with Gasteiger partial charge in [-0.2, -0.15) is 0 Å². The molecule has 18 nitrogen and oxygen atoms in total. The van der Waals surface area contributed by atoms with Crippen molar-refractivity contribution in [3.05, 3.63) is 263 Å². The SMILES string of the molecule is C.C.C.CCCC.CCCC(C(=O)O)S(=O)(=O)Cc1ccc(OCc2ccccc2)cc1.CCCC(C(=O)OC)S(=O)(=O)Cc1ccc(OCc2ccccc2)cc1.COC(=O)CS(=O)(=O)Cc1ccc(OCc2ccccc2)cc1.COC(=O)CSCc1ccc(OCc2ccccc2)cc1. The van der Waals surface area contributed by atoms with Gasteiger partial charge in [-0.05, 0) is 106 Å². The van der Waals surface area contributed by atoms with Gasteiger partial charge < -0.3 is 38.3 Å². The molecule has 8 aromatic rings. The van der Waals surface area contributed by atoms with Gasteiger partial charge in [-0.1, -0.05) is 246 Å². The molecule has 2 atom stereocenters. The number of methoxy groups -OCH3 is 3. The third-order valence-corrected chi connectivity index (χ3v) is 20.8. The van der Waals surface area contributed by atoms with Crippen LogP contribution in [0, 0.1) is 0 Å². The zero-order chi connectivity index (χ0) is 72.3. The minimum Gasteiger partial charge on any atom is -0.489 e. The number of hydrogen-bond donors (Lipinski definition) is 1. The van der Waals surface area contributed by atoms with E-state index in [4.69, 9.17) is 24.1 Å². The van der Waals surface area contributed by atoms with E-state index < -0.39 is 63.7 Å². The molecule has 0 aliphatic carbocycles. The number of carbonyl (C=O) groups is 4. The number of carboxylic acid groups (broad SMARTS) is 1. The van der Waals surface area contributed by atoms with Crippen LogP contribution in [0.15, 0.2) is 218 Å². The van der Waals surface area contributed by atoms with Crippen molar-refractivity contribution in [2.45, 2.75) is 148 Å². The Bertz CT molecular complexity index is 3940. The number of carboxylic acids is 1. The predicted octanol–water partition coefficient (Wildman–Crippen LogP) is 16.7. The average Bonchev–Trinajstić information content (AvgIpc) is 0.835. The van der Waals surface area contributed by atoms with Gasteiger partial charge >= 0.3 is 23.9 Å². The predicted molar refractivity (Wildman–Crippen MR) is 410 cm³/mol. The van der Waals surface area contributed by atoms with E-state index in [1.807, 2.05) is 153 Å². The molecular formula is C80H104O18S4. The molecule has 0 spiro atoms. The number of aliphatic carboxylic acids is 1. The van der Waals surface area contributed by atoms with Gasteiger partial charge in [0.1, 0.15) is 55.2 Å². The quantitative estimate of drug-likeness (QED) is 0.0296. The van der Waals surface area contributed by atoms with Gasteiger partial charge in [0.15, 0.2) is 40.0 Å². The summed E-state index contributed by atoms with van der Waals surface area (Å²) in [5.41, 5.74) is 7.22. The summed E-state index contributed by atoms with van der Waals surface area (Å²) in [5.74, 6) is -0.289. The van der Waals surface area contributed by atoms with Crippen molar-refractivity contribution in [1.82, 2.24) is 0 Å². The lowest BCUT2D eigenvalue weighted by Crippen LogP contribution is -2.32. The first-order valence-corrected chi connectivity index (χ1v) is 38.6. The van der Waals surface area contributed by atoms with Crippen LogP contribution in [0.2, 0.25) is 0 Å². The molecule has 1 N–H and O–H groups in total. The Balaban J connectivity index is 0.000000662. The maximum absolute atomic E-state index is 12.6. The molecule has 0 amide bonds.